The Balaban J connectivity index is 1.29. The van der Waals surface area contributed by atoms with E-state index in [1.54, 1.807) is 10.7 Å². The van der Waals surface area contributed by atoms with Crippen LogP contribution in [0.1, 0.15) is 23.5 Å². The number of anilines is 1. The lowest BCUT2D eigenvalue weighted by Crippen LogP contribution is -2.33. The average molecular weight is 589 g/mol. The molecule has 0 saturated heterocycles. The number of carbonyl (C=O) groups is 1. The zero-order valence-corrected chi connectivity index (χ0v) is 23.2. The smallest absolute Gasteiger partial charge is 0.234 e. The molecule has 0 radical (unpaired) electrons. The molecule has 5 rings (SSSR count). The standard InChI is InChI=1S/C30H27BrClN5O/c1-36(30(38)28(21-11-4-2-5-12-21)22-13-6-3-7-14-22)18-10-17-33-27-19-26(23-15-8-9-16-25(23)32)35-29-24(31)20-34-37(27)29/h2-9,11-16,19-20,28,33H,10,17-18H2,1H3. The molecule has 0 unspecified atom stereocenters. The molecule has 1 amide bonds. The van der Waals surface area contributed by atoms with Gasteiger partial charge in [-0.1, -0.05) is 90.5 Å². The number of amides is 1. The molecule has 0 fully saturated rings. The van der Waals surface area contributed by atoms with Crippen LogP contribution in [0.15, 0.2) is 102 Å². The number of benzene rings is 3. The zero-order valence-electron chi connectivity index (χ0n) is 20.9. The molecule has 1 N–H and O–H groups in total. The number of halogens is 2. The summed E-state index contributed by atoms with van der Waals surface area (Å²) in [4.78, 5) is 20.2. The number of nitrogens with zero attached hydrogens (tertiary/aromatic N) is 4. The Morgan fingerprint density at radius 2 is 1.63 bits per heavy atom. The second-order valence-electron chi connectivity index (χ2n) is 9.03. The van der Waals surface area contributed by atoms with Crippen LogP contribution < -0.4 is 5.32 Å². The van der Waals surface area contributed by atoms with Crippen molar-refractivity contribution >= 4 is 44.9 Å². The highest BCUT2D eigenvalue weighted by atomic mass is 79.9. The van der Waals surface area contributed by atoms with Crippen molar-refractivity contribution in [2.45, 2.75) is 12.3 Å². The lowest BCUT2D eigenvalue weighted by Gasteiger charge is -2.25. The summed E-state index contributed by atoms with van der Waals surface area (Å²) in [6.07, 6.45) is 2.48. The van der Waals surface area contributed by atoms with Crippen LogP contribution in [0, 0.1) is 0 Å². The molecule has 8 heteroatoms. The van der Waals surface area contributed by atoms with Crippen molar-refractivity contribution in [3.05, 3.63) is 118 Å². The Hall–Kier alpha value is -3.68. The van der Waals surface area contributed by atoms with Gasteiger partial charge in [-0.15, -0.1) is 0 Å². The molecule has 0 spiro atoms. The monoisotopic (exact) mass is 587 g/mol. The van der Waals surface area contributed by atoms with Gasteiger partial charge in [0.25, 0.3) is 0 Å². The predicted molar refractivity (Wildman–Crippen MR) is 157 cm³/mol. The van der Waals surface area contributed by atoms with Gasteiger partial charge < -0.3 is 10.2 Å². The van der Waals surface area contributed by atoms with E-state index < -0.39 is 0 Å². The molecule has 5 aromatic rings. The van der Waals surface area contributed by atoms with E-state index in [0.29, 0.717) is 23.8 Å². The van der Waals surface area contributed by atoms with E-state index in [4.69, 9.17) is 16.6 Å². The van der Waals surface area contributed by atoms with Crippen molar-refractivity contribution in [2.24, 2.45) is 0 Å². The third-order valence-corrected chi connectivity index (χ3v) is 7.33. The number of likely N-dealkylation sites (N-methyl/N-ethyl adjacent to an activating group) is 1. The predicted octanol–water partition coefficient (Wildman–Crippen LogP) is 6.90. The molecule has 0 aliphatic heterocycles. The second-order valence-corrected chi connectivity index (χ2v) is 10.3. The maximum absolute atomic E-state index is 13.6. The van der Waals surface area contributed by atoms with Crippen LogP contribution in [-0.2, 0) is 4.79 Å². The molecule has 3 aromatic carbocycles. The van der Waals surface area contributed by atoms with Crippen LogP contribution in [0.4, 0.5) is 5.82 Å². The fraction of sp³-hybridized carbons (Fsp3) is 0.167. The molecular weight excluding hydrogens is 562 g/mol. The van der Waals surface area contributed by atoms with E-state index in [-0.39, 0.29) is 11.8 Å². The van der Waals surface area contributed by atoms with Gasteiger partial charge >= 0.3 is 0 Å². The van der Waals surface area contributed by atoms with Gasteiger partial charge in [-0.3, -0.25) is 4.79 Å². The molecule has 192 valence electrons. The van der Waals surface area contributed by atoms with E-state index in [2.05, 4.69) is 26.3 Å². The van der Waals surface area contributed by atoms with E-state index >= 15 is 0 Å². The van der Waals surface area contributed by atoms with Gasteiger partial charge in [-0.25, -0.2) is 4.98 Å². The van der Waals surface area contributed by atoms with Gasteiger partial charge in [0.05, 0.1) is 22.3 Å². The highest BCUT2D eigenvalue weighted by Crippen LogP contribution is 2.30. The minimum Gasteiger partial charge on any atom is -0.370 e. The highest BCUT2D eigenvalue weighted by Gasteiger charge is 2.25. The van der Waals surface area contributed by atoms with Crippen molar-refractivity contribution in [2.75, 3.05) is 25.5 Å². The first kappa shape index (κ1) is 25.9. The summed E-state index contributed by atoms with van der Waals surface area (Å²) in [5.41, 5.74) is 4.29. The number of carbonyl (C=O) groups excluding carboxylic acids is 1. The number of rotatable bonds is 9. The summed E-state index contributed by atoms with van der Waals surface area (Å²) in [5.74, 6) is 0.538. The van der Waals surface area contributed by atoms with Gasteiger partial charge in [-0.2, -0.15) is 9.61 Å². The first-order valence-electron chi connectivity index (χ1n) is 12.4. The summed E-state index contributed by atoms with van der Waals surface area (Å²) in [5, 5.41) is 8.57. The number of hydrogen-bond acceptors (Lipinski definition) is 4. The third kappa shape index (κ3) is 5.59. The van der Waals surface area contributed by atoms with Crippen molar-refractivity contribution in [3.63, 3.8) is 0 Å². The molecule has 0 aliphatic rings. The molecule has 6 nitrogen and oxygen atoms in total. The topological polar surface area (TPSA) is 62.5 Å². The molecule has 2 aromatic heterocycles. The average Bonchev–Trinajstić information content (AvgIpc) is 3.33. The van der Waals surface area contributed by atoms with E-state index in [1.165, 1.54) is 0 Å². The zero-order chi connectivity index (χ0) is 26.5. The summed E-state index contributed by atoms with van der Waals surface area (Å²) >= 11 is 9.99. The largest absolute Gasteiger partial charge is 0.370 e. The van der Waals surface area contributed by atoms with Gasteiger partial charge in [-0.05, 0) is 39.5 Å². The molecule has 0 atom stereocenters. The lowest BCUT2D eigenvalue weighted by molar-refractivity contribution is -0.130. The molecule has 0 saturated carbocycles. The van der Waals surface area contributed by atoms with E-state index in [9.17, 15) is 4.79 Å². The van der Waals surface area contributed by atoms with Crippen molar-refractivity contribution in [1.29, 1.82) is 0 Å². The van der Waals surface area contributed by atoms with Gasteiger partial charge in [0.2, 0.25) is 5.91 Å². The van der Waals surface area contributed by atoms with Crippen molar-refractivity contribution < 1.29 is 4.79 Å². The fourth-order valence-corrected chi connectivity index (χ4v) is 5.08. The highest BCUT2D eigenvalue weighted by molar-refractivity contribution is 9.10. The summed E-state index contributed by atoms with van der Waals surface area (Å²) in [6, 6.07) is 29.5. The van der Waals surface area contributed by atoms with E-state index in [0.717, 1.165) is 39.1 Å². The minimum atomic E-state index is -0.338. The normalized spacial score (nSPS) is 11.2. The third-order valence-electron chi connectivity index (χ3n) is 6.44. The first-order valence-corrected chi connectivity index (χ1v) is 13.6. The lowest BCUT2D eigenvalue weighted by atomic mass is 9.90. The van der Waals surface area contributed by atoms with Crippen LogP contribution in [0.3, 0.4) is 0 Å². The first-order chi connectivity index (χ1) is 18.5. The molecule has 0 aliphatic carbocycles. The van der Waals surface area contributed by atoms with Gasteiger partial charge in [0.15, 0.2) is 5.65 Å². The SMILES string of the molecule is CN(CCCNc1cc(-c2ccccc2Cl)nc2c(Br)cnn12)C(=O)C(c1ccccc1)c1ccccc1. The Morgan fingerprint density at radius 1 is 1.00 bits per heavy atom. The van der Waals surface area contributed by atoms with Crippen LogP contribution in [0.25, 0.3) is 16.9 Å². The Labute approximate surface area is 235 Å². The maximum Gasteiger partial charge on any atom is 0.234 e. The molecule has 38 heavy (non-hydrogen) atoms. The van der Waals surface area contributed by atoms with Crippen molar-refractivity contribution in [3.8, 4) is 11.3 Å². The van der Waals surface area contributed by atoms with Crippen molar-refractivity contribution in [1.82, 2.24) is 19.5 Å². The number of aromatic nitrogens is 3. The van der Waals surface area contributed by atoms with Gasteiger partial charge in [0, 0.05) is 36.8 Å². The second kappa shape index (κ2) is 11.8. The summed E-state index contributed by atoms with van der Waals surface area (Å²) in [7, 11) is 1.87. The Bertz CT molecular complexity index is 1500. The summed E-state index contributed by atoms with van der Waals surface area (Å²) < 4.78 is 2.56. The quantitative estimate of drug-likeness (QED) is 0.190. The fourth-order valence-electron chi connectivity index (χ4n) is 4.50. The van der Waals surface area contributed by atoms with E-state index in [1.807, 2.05) is 103 Å². The van der Waals surface area contributed by atoms with Crippen LogP contribution in [-0.4, -0.2) is 45.5 Å². The minimum absolute atomic E-state index is 0.0747. The number of nitrogens with one attached hydrogen (secondary N) is 1. The Kier molecular flexibility index (Phi) is 8.05. The van der Waals surface area contributed by atoms with Gasteiger partial charge in [0.1, 0.15) is 5.82 Å². The molecule has 2 heterocycles. The summed E-state index contributed by atoms with van der Waals surface area (Å²) in [6.45, 7) is 1.26. The molecular formula is C30H27BrClN5O. The number of fused-ring (bicyclic) bond motifs is 1. The Morgan fingerprint density at radius 3 is 2.29 bits per heavy atom. The molecule has 0 bridgehead atoms. The van der Waals surface area contributed by atoms with Crippen LogP contribution >= 0.6 is 27.5 Å². The number of hydrogen-bond donors (Lipinski definition) is 1. The maximum atomic E-state index is 13.6. The van der Waals surface area contributed by atoms with Crippen LogP contribution in [0.5, 0.6) is 0 Å². The van der Waals surface area contributed by atoms with Crippen LogP contribution in [0.2, 0.25) is 5.02 Å².